The molecule has 0 bridgehead atoms. The van der Waals surface area contributed by atoms with Crippen LogP contribution in [0.3, 0.4) is 0 Å². The molecule has 3 saturated heterocycles. The number of carbonyl (C=O) groups is 8. The zero-order valence-electron chi connectivity index (χ0n) is 36.0. The van der Waals surface area contributed by atoms with E-state index in [0.29, 0.717) is 12.0 Å². The van der Waals surface area contributed by atoms with Crippen molar-refractivity contribution in [2.24, 2.45) is 0 Å². The average molecular weight is 867 g/mol. The van der Waals surface area contributed by atoms with E-state index in [4.69, 9.17) is 4.74 Å². The van der Waals surface area contributed by atoms with Gasteiger partial charge in [-0.15, -0.1) is 0 Å². The van der Waals surface area contributed by atoms with Gasteiger partial charge in [0.05, 0.1) is 0 Å². The molecule has 1 aromatic heterocycles. The number of nitrogens with zero attached hydrogens (tertiary/aromatic N) is 5. The Balaban J connectivity index is 1.44. The number of piperidine rings is 1. The van der Waals surface area contributed by atoms with Crippen LogP contribution in [0.25, 0.3) is 0 Å². The first kappa shape index (κ1) is 45.7. The summed E-state index contributed by atoms with van der Waals surface area (Å²) in [7, 11) is 5.25. The zero-order valence-corrected chi connectivity index (χ0v) is 36.0. The number of pyridine rings is 1. The standard InChI is InChI=1S/C45H54N8O10/c1-6-31-42(59)52-22-11-14-32(52)43(60)51(5)34(24-27-16-18-29(19-17-27)50(3)4)44(61)53-23-20-30(54)25-33(53)39(56)49-37(28-12-8-7-9-13-28)45(62)63-26(2)36(40(57)47-31)48-41(58)38-35(55)15-10-21-46-38/h7-10,12-13,15-19,21,26,31-34,36-37,55H,6,11,14,20,22-25H2,1-5H3,(H,47,57)(H,48,58)(H,49,56)/t26-,31-,32+,33+,34?,36+,37+/m0/s1. The number of ether oxygens (including phenoxy) is 1. The van der Waals surface area contributed by atoms with Crippen LogP contribution >= 0.6 is 0 Å². The summed E-state index contributed by atoms with van der Waals surface area (Å²) in [6.45, 7) is 3.02. The smallest absolute Gasteiger partial charge is 0.333 e. The molecule has 6 amide bonds. The van der Waals surface area contributed by atoms with Crippen LogP contribution in [0, 0.1) is 0 Å². The summed E-state index contributed by atoms with van der Waals surface area (Å²) in [5.74, 6) is -6.33. The van der Waals surface area contributed by atoms with Crippen LogP contribution in [-0.4, -0.2) is 143 Å². The molecule has 3 aliphatic heterocycles. The lowest BCUT2D eigenvalue weighted by Gasteiger charge is -2.40. The van der Waals surface area contributed by atoms with Crippen LogP contribution in [0.2, 0.25) is 0 Å². The van der Waals surface area contributed by atoms with Gasteiger partial charge in [-0.3, -0.25) is 33.6 Å². The van der Waals surface area contributed by atoms with Gasteiger partial charge in [0.25, 0.3) is 5.91 Å². The second-order valence-electron chi connectivity index (χ2n) is 16.2. The first-order valence-electron chi connectivity index (χ1n) is 21.1. The number of cyclic esters (lactones) is 1. The molecule has 18 nitrogen and oxygen atoms in total. The number of Topliss-reactive ketones (excluding diaryl/α,β-unsaturated/α-hetero) is 1. The van der Waals surface area contributed by atoms with Crippen LogP contribution in [-0.2, 0) is 44.7 Å². The lowest BCUT2D eigenvalue weighted by atomic mass is 9.95. The van der Waals surface area contributed by atoms with Crippen molar-refractivity contribution in [3.05, 3.63) is 89.7 Å². The maximum Gasteiger partial charge on any atom is 0.333 e. The summed E-state index contributed by atoms with van der Waals surface area (Å²) in [5.41, 5.74) is 1.45. The molecule has 3 fully saturated rings. The van der Waals surface area contributed by atoms with Crippen LogP contribution in [0.5, 0.6) is 5.75 Å². The van der Waals surface area contributed by atoms with E-state index in [1.54, 1.807) is 37.3 Å². The number of amides is 6. The number of esters is 1. The van der Waals surface area contributed by atoms with Gasteiger partial charge in [-0.1, -0.05) is 49.4 Å². The fourth-order valence-corrected chi connectivity index (χ4v) is 8.20. The van der Waals surface area contributed by atoms with E-state index in [9.17, 15) is 43.5 Å². The Morgan fingerprint density at radius 2 is 1.57 bits per heavy atom. The minimum atomic E-state index is -1.68. The number of hydrogen-bond donors (Lipinski definition) is 4. The Bertz CT molecular complexity index is 2220. The number of ketones is 1. The molecule has 4 heterocycles. The van der Waals surface area contributed by atoms with Crippen molar-refractivity contribution in [3.8, 4) is 5.75 Å². The lowest BCUT2D eigenvalue weighted by Crippen LogP contribution is -2.61. The van der Waals surface area contributed by atoms with Crippen LogP contribution in [0.4, 0.5) is 5.69 Å². The van der Waals surface area contributed by atoms with E-state index >= 15 is 0 Å². The number of rotatable bonds is 7. The molecule has 63 heavy (non-hydrogen) atoms. The molecule has 3 aliphatic rings. The fraction of sp³-hybridized carbons (Fsp3) is 0.444. The van der Waals surface area contributed by atoms with Gasteiger partial charge in [-0.25, -0.2) is 9.78 Å². The summed E-state index contributed by atoms with van der Waals surface area (Å²) in [4.78, 5) is 123. The van der Waals surface area contributed by atoms with Gasteiger partial charge in [-0.05, 0) is 61.6 Å². The van der Waals surface area contributed by atoms with Crippen molar-refractivity contribution in [2.75, 3.05) is 39.1 Å². The first-order chi connectivity index (χ1) is 30.1. The first-order valence-corrected chi connectivity index (χ1v) is 21.1. The van der Waals surface area contributed by atoms with Crippen LogP contribution in [0.15, 0.2) is 72.9 Å². The minimum Gasteiger partial charge on any atom is -0.505 e. The Hall–Kier alpha value is -6.85. The van der Waals surface area contributed by atoms with Crippen molar-refractivity contribution in [1.82, 2.24) is 35.6 Å². The Morgan fingerprint density at radius 1 is 0.873 bits per heavy atom. The summed E-state index contributed by atoms with van der Waals surface area (Å²) in [6.07, 6.45) is 0.175. The molecule has 6 rings (SSSR count). The Kier molecular flexibility index (Phi) is 14.4. The zero-order chi connectivity index (χ0) is 45.5. The normalized spacial score (nSPS) is 25.4. The second kappa shape index (κ2) is 19.9. The summed E-state index contributed by atoms with van der Waals surface area (Å²) in [6, 6.07) is 10.1. The third-order valence-corrected chi connectivity index (χ3v) is 11.8. The number of benzene rings is 2. The minimum absolute atomic E-state index is 0.0299. The van der Waals surface area contributed by atoms with E-state index < -0.39 is 95.2 Å². The number of aromatic nitrogens is 1. The molecular weight excluding hydrogens is 813 g/mol. The molecule has 3 aromatic rings. The molecule has 7 atom stereocenters. The molecule has 0 radical (unpaired) electrons. The number of carbonyl (C=O) groups excluding carboxylic acids is 8. The number of hydrogen-bond acceptors (Lipinski definition) is 12. The van der Waals surface area contributed by atoms with Gasteiger partial charge in [0.1, 0.15) is 47.8 Å². The lowest BCUT2D eigenvalue weighted by molar-refractivity contribution is -0.156. The predicted octanol–water partition coefficient (Wildman–Crippen LogP) is 1.27. The third kappa shape index (κ3) is 10.3. The quantitative estimate of drug-likeness (QED) is 0.247. The largest absolute Gasteiger partial charge is 0.505 e. The van der Waals surface area contributed by atoms with Gasteiger partial charge in [-0.2, -0.15) is 0 Å². The van der Waals surface area contributed by atoms with Crippen molar-refractivity contribution in [3.63, 3.8) is 0 Å². The summed E-state index contributed by atoms with van der Waals surface area (Å²) < 4.78 is 5.85. The monoisotopic (exact) mass is 866 g/mol. The van der Waals surface area contributed by atoms with Crippen molar-refractivity contribution in [2.45, 2.75) is 94.7 Å². The number of fused-ring (bicyclic) bond motifs is 2. The Labute approximate surface area is 365 Å². The fourth-order valence-electron chi connectivity index (χ4n) is 8.20. The van der Waals surface area contributed by atoms with Gasteiger partial charge in [0.15, 0.2) is 11.7 Å². The van der Waals surface area contributed by atoms with E-state index in [1.807, 2.05) is 43.3 Å². The van der Waals surface area contributed by atoms with Crippen LogP contribution < -0.4 is 20.9 Å². The van der Waals surface area contributed by atoms with Crippen molar-refractivity contribution >= 4 is 52.9 Å². The Morgan fingerprint density at radius 3 is 2.24 bits per heavy atom. The maximum absolute atomic E-state index is 15.0. The third-order valence-electron chi connectivity index (χ3n) is 11.8. The highest BCUT2D eigenvalue weighted by molar-refractivity contribution is 6.01. The van der Waals surface area contributed by atoms with Gasteiger partial charge in [0.2, 0.25) is 29.5 Å². The van der Waals surface area contributed by atoms with E-state index in [-0.39, 0.29) is 56.5 Å². The van der Waals surface area contributed by atoms with Gasteiger partial charge < -0.3 is 45.4 Å². The molecule has 2 aromatic carbocycles. The molecule has 0 spiro atoms. The highest BCUT2D eigenvalue weighted by Crippen LogP contribution is 2.27. The molecular formula is C45H54N8O10. The maximum atomic E-state index is 15.0. The number of likely N-dealkylation sites (N-methyl/N-ethyl adjacent to an activating group) is 1. The molecule has 0 saturated carbocycles. The van der Waals surface area contributed by atoms with E-state index in [2.05, 4.69) is 20.9 Å². The number of nitrogens with one attached hydrogen (secondary N) is 3. The average Bonchev–Trinajstić information content (AvgIpc) is 3.77. The van der Waals surface area contributed by atoms with Crippen LogP contribution in [0.1, 0.15) is 73.6 Å². The SMILES string of the molecule is CC[C@@H]1NC(=O)[C@H](NC(=O)c2ncccc2O)[C@H](C)OC(=O)[C@@H](c2ccccc2)NC(=O)[C@H]2CC(=O)CCN2C(=O)C(Cc2ccc(N(C)C)cc2)N(C)C(=O)[C@H]2CCCN2C1=O. The molecule has 0 aliphatic carbocycles. The van der Waals surface area contributed by atoms with Crippen molar-refractivity contribution < 1.29 is 48.2 Å². The summed E-state index contributed by atoms with van der Waals surface area (Å²) in [5, 5.41) is 18.2. The highest BCUT2D eigenvalue weighted by atomic mass is 16.5. The van der Waals surface area contributed by atoms with Gasteiger partial charge >= 0.3 is 5.97 Å². The predicted molar refractivity (Wildman–Crippen MR) is 228 cm³/mol. The number of anilines is 1. The van der Waals surface area contributed by atoms with Gasteiger partial charge in [0, 0.05) is 65.4 Å². The molecule has 4 N–H and O–H groups in total. The topological polar surface area (TPSA) is 228 Å². The van der Waals surface area contributed by atoms with Crippen molar-refractivity contribution in [1.29, 1.82) is 0 Å². The summed E-state index contributed by atoms with van der Waals surface area (Å²) >= 11 is 0. The van der Waals surface area contributed by atoms with E-state index in [1.165, 1.54) is 47.0 Å². The number of aromatic hydroxyl groups is 1. The molecule has 1 unspecified atom stereocenters. The second-order valence-corrected chi connectivity index (χ2v) is 16.2. The highest BCUT2D eigenvalue weighted by Gasteiger charge is 2.45. The molecule has 334 valence electrons. The molecule has 18 heteroatoms. The van der Waals surface area contributed by atoms with E-state index in [0.717, 1.165) is 5.69 Å².